The van der Waals surface area contributed by atoms with Gasteiger partial charge >= 0.3 is 0 Å². The van der Waals surface area contributed by atoms with Crippen LogP contribution >= 0.6 is 12.4 Å². The summed E-state index contributed by atoms with van der Waals surface area (Å²) in [6, 6.07) is 8.55. The number of amides is 1. The van der Waals surface area contributed by atoms with Crippen LogP contribution < -0.4 is 5.32 Å². The highest BCUT2D eigenvalue weighted by Gasteiger charge is 2.26. The first-order valence-corrected chi connectivity index (χ1v) is 6.81. The molecule has 1 aromatic rings. The Morgan fingerprint density at radius 1 is 1.45 bits per heavy atom. The van der Waals surface area contributed by atoms with Gasteiger partial charge in [-0.25, -0.2) is 0 Å². The van der Waals surface area contributed by atoms with Crippen molar-refractivity contribution in [3.05, 3.63) is 35.4 Å². The molecule has 0 saturated heterocycles. The summed E-state index contributed by atoms with van der Waals surface area (Å²) in [4.78, 5) is 14.2. The minimum atomic E-state index is 0. The van der Waals surface area contributed by atoms with E-state index in [0.717, 1.165) is 13.0 Å². The molecule has 1 aliphatic rings. The molecule has 1 N–H and O–H groups in total. The van der Waals surface area contributed by atoms with Gasteiger partial charge in [0.1, 0.15) is 0 Å². The standard InChI is InChI=1S/C15H22N2O2.ClH/c1-12-14-6-4-3-5-13(14)7-9-17(12)15(18)11-16-8-10-19-2;/h3-6,12,16H,7-11H2,1-2H3;1H. The fourth-order valence-corrected chi connectivity index (χ4v) is 2.58. The van der Waals surface area contributed by atoms with E-state index in [1.807, 2.05) is 11.0 Å². The molecule has 1 amide bonds. The molecule has 20 heavy (non-hydrogen) atoms. The molecule has 1 aromatic carbocycles. The van der Waals surface area contributed by atoms with Crippen molar-refractivity contribution < 1.29 is 9.53 Å². The molecule has 0 aromatic heterocycles. The third-order valence-corrected chi connectivity index (χ3v) is 3.67. The lowest BCUT2D eigenvalue weighted by Gasteiger charge is -2.35. The summed E-state index contributed by atoms with van der Waals surface area (Å²) in [5.41, 5.74) is 2.64. The van der Waals surface area contributed by atoms with Crippen LogP contribution in [-0.4, -0.2) is 44.2 Å². The van der Waals surface area contributed by atoms with Gasteiger partial charge in [-0.3, -0.25) is 4.79 Å². The molecule has 0 bridgehead atoms. The molecule has 0 saturated carbocycles. The second-order valence-electron chi connectivity index (χ2n) is 4.88. The Balaban J connectivity index is 0.00000200. The molecular formula is C15H23ClN2O2. The van der Waals surface area contributed by atoms with E-state index in [2.05, 4.69) is 30.4 Å². The van der Waals surface area contributed by atoms with Gasteiger partial charge in [0, 0.05) is 20.2 Å². The van der Waals surface area contributed by atoms with Crippen molar-refractivity contribution in [3.8, 4) is 0 Å². The van der Waals surface area contributed by atoms with Crippen molar-refractivity contribution in [1.29, 1.82) is 0 Å². The summed E-state index contributed by atoms with van der Waals surface area (Å²) >= 11 is 0. The van der Waals surface area contributed by atoms with Gasteiger partial charge in [-0.1, -0.05) is 24.3 Å². The summed E-state index contributed by atoms with van der Waals surface area (Å²) in [7, 11) is 1.66. The summed E-state index contributed by atoms with van der Waals surface area (Å²) in [5, 5.41) is 3.11. The Kier molecular flexibility index (Phi) is 6.99. The van der Waals surface area contributed by atoms with E-state index in [1.54, 1.807) is 7.11 Å². The molecule has 1 unspecified atom stereocenters. The maximum absolute atomic E-state index is 12.2. The Morgan fingerprint density at radius 2 is 2.20 bits per heavy atom. The number of ether oxygens (including phenoxy) is 1. The Hall–Kier alpha value is -1.10. The minimum Gasteiger partial charge on any atom is -0.383 e. The average molecular weight is 299 g/mol. The van der Waals surface area contributed by atoms with E-state index in [0.29, 0.717) is 19.7 Å². The molecule has 112 valence electrons. The molecule has 1 aliphatic heterocycles. The van der Waals surface area contributed by atoms with Crippen LogP contribution in [0, 0.1) is 0 Å². The number of hydrogen-bond acceptors (Lipinski definition) is 3. The predicted octanol–water partition coefficient (Wildman–Crippen LogP) is 1.79. The lowest BCUT2D eigenvalue weighted by atomic mass is 9.93. The topological polar surface area (TPSA) is 41.6 Å². The van der Waals surface area contributed by atoms with Crippen molar-refractivity contribution in [3.63, 3.8) is 0 Å². The van der Waals surface area contributed by atoms with Crippen LogP contribution in [0.15, 0.2) is 24.3 Å². The Morgan fingerprint density at radius 3 is 2.95 bits per heavy atom. The largest absolute Gasteiger partial charge is 0.383 e. The molecule has 5 heteroatoms. The first kappa shape index (κ1) is 17.0. The zero-order valence-corrected chi connectivity index (χ0v) is 12.9. The number of benzene rings is 1. The average Bonchev–Trinajstić information content (AvgIpc) is 2.44. The van der Waals surface area contributed by atoms with Crippen LogP contribution in [0.2, 0.25) is 0 Å². The minimum absolute atomic E-state index is 0. The predicted molar refractivity (Wildman–Crippen MR) is 82.3 cm³/mol. The maximum Gasteiger partial charge on any atom is 0.237 e. The van der Waals surface area contributed by atoms with E-state index in [9.17, 15) is 4.79 Å². The van der Waals surface area contributed by atoms with Gasteiger partial charge in [0.05, 0.1) is 19.2 Å². The molecule has 4 nitrogen and oxygen atoms in total. The highest BCUT2D eigenvalue weighted by Crippen LogP contribution is 2.28. The Labute approximate surface area is 126 Å². The number of hydrogen-bond donors (Lipinski definition) is 1. The molecule has 0 radical (unpaired) electrons. The highest BCUT2D eigenvalue weighted by molar-refractivity contribution is 5.85. The van der Waals surface area contributed by atoms with E-state index in [1.165, 1.54) is 11.1 Å². The monoisotopic (exact) mass is 298 g/mol. The number of nitrogens with one attached hydrogen (secondary N) is 1. The second-order valence-corrected chi connectivity index (χ2v) is 4.88. The van der Waals surface area contributed by atoms with Crippen LogP contribution in [-0.2, 0) is 16.0 Å². The molecule has 0 fully saturated rings. The zero-order valence-electron chi connectivity index (χ0n) is 12.1. The molecule has 0 spiro atoms. The van der Waals surface area contributed by atoms with E-state index in [-0.39, 0.29) is 24.4 Å². The van der Waals surface area contributed by atoms with E-state index >= 15 is 0 Å². The number of fused-ring (bicyclic) bond motifs is 1. The van der Waals surface area contributed by atoms with Crippen LogP contribution in [0.4, 0.5) is 0 Å². The summed E-state index contributed by atoms with van der Waals surface area (Å²) in [5.74, 6) is 0.165. The number of halogens is 1. The Bertz CT molecular complexity index is 440. The van der Waals surface area contributed by atoms with Gasteiger partial charge in [-0.05, 0) is 24.5 Å². The first-order valence-electron chi connectivity index (χ1n) is 6.81. The SMILES string of the molecule is COCCNCC(=O)N1CCc2ccccc2C1C.Cl. The third-order valence-electron chi connectivity index (χ3n) is 3.67. The van der Waals surface area contributed by atoms with Crippen LogP contribution in [0.3, 0.4) is 0 Å². The van der Waals surface area contributed by atoms with Crippen LogP contribution in [0.5, 0.6) is 0 Å². The molecule has 1 atom stereocenters. The summed E-state index contributed by atoms with van der Waals surface area (Å²) < 4.78 is 4.95. The summed E-state index contributed by atoms with van der Waals surface area (Å²) in [6.07, 6.45) is 0.949. The van der Waals surface area contributed by atoms with Crippen molar-refractivity contribution >= 4 is 18.3 Å². The van der Waals surface area contributed by atoms with Crippen molar-refractivity contribution in [2.45, 2.75) is 19.4 Å². The van der Waals surface area contributed by atoms with Gasteiger partial charge in [-0.2, -0.15) is 0 Å². The maximum atomic E-state index is 12.2. The van der Waals surface area contributed by atoms with Crippen LogP contribution in [0.1, 0.15) is 24.1 Å². The first-order chi connectivity index (χ1) is 9.24. The van der Waals surface area contributed by atoms with E-state index < -0.39 is 0 Å². The smallest absolute Gasteiger partial charge is 0.237 e. The molecule has 2 rings (SSSR count). The van der Waals surface area contributed by atoms with Crippen molar-refractivity contribution in [2.24, 2.45) is 0 Å². The van der Waals surface area contributed by atoms with Crippen LogP contribution in [0.25, 0.3) is 0 Å². The van der Waals surface area contributed by atoms with Crippen molar-refractivity contribution in [1.82, 2.24) is 10.2 Å². The molecule has 0 aliphatic carbocycles. The van der Waals surface area contributed by atoms with Gasteiger partial charge in [0.25, 0.3) is 0 Å². The third kappa shape index (κ3) is 3.95. The highest BCUT2D eigenvalue weighted by atomic mass is 35.5. The van der Waals surface area contributed by atoms with Gasteiger partial charge in [0.2, 0.25) is 5.91 Å². The molecular weight excluding hydrogens is 276 g/mol. The lowest BCUT2D eigenvalue weighted by molar-refractivity contribution is -0.132. The number of carbonyl (C=O) groups excluding carboxylic acids is 1. The van der Waals surface area contributed by atoms with Gasteiger partial charge in [-0.15, -0.1) is 12.4 Å². The number of rotatable bonds is 5. The molecule has 1 heterocycles. The number of nitrogens with zero attached hydrogens (tertiary/aromatic N) is 1. The van der Waals surface area contributed by atoms with Gasteiger partial charge < -0.3 is 15.0 Å². The number of carbonyl (C=O) groups is 1. The fraction of sp³-hybridized carbons (Fsp3) is 0.533. The summed E-state index contributed by atoms with van der Waals surface area (Å²) in [6.45, 7) is 4.64. The number of methoxy groups -OCH3 is 1. The van der Waals surface area contributed by atoms with Crippen molar-refractivity contribution in [2.75, 3.05) is 33.4 Å². The second kappa shape index (κ2) is 8.25. The fourth-order valence-electron chi connectivity index (χ4n) is 2.58. The quantitative estimate of drug-likeness (QED) is 0.843. The van der Waals surface area contributed by atoms with Gasteiger partial charge in [0.15, 0.2) is 0 Å². The lowest BCUT2D eigenvalue weighted by Crippen LogP contribution is -2.43. The van der Waals surface area contributed by atoms with E-state index in [4.69, 9.17) is 4.74 Å². The zero-order chi connectivity index (χ0) is 13.7. The normalized spacial score (nSPS) is 17.3.